The van der Waals surface area contributed by atoms with Crippen LogP contribution in [0.15, 0.2) is 46.1 Å². The molecule has 0 atom stereocenters. The highest BCUT2D eigenvalue weighted by molar-refractivity contribution is 5.21. The van der Waals surface area contributed by atoms with E-state index in [9.17, 15) is 9.59 Å². The van der Waals surface area contributed by atoms with Gasteiger partial charge < -0.3 is 5.73 Å². The SMILES string of the molecule is Cc1ccc(Cn2ccc(=O)n(CCN)c2=O)cc1. The van der Waals surface area contributed by atoms with Crippen molar-refractivity contribution in [3.05, 3.63) is 68.5 Å². The Labute approximate surface area is 110 Å². The van der Waals surface area contributed by atoms with Gasteiger partial charge in [0.1, 0.15) is 0 Å². The molecule has 5 heteroatoms. The van der Waals surface area contributed by atoms with Gasteiger partial charge in [-0.3, -0.25) is 13.9 Å². The van der Waals surface area contributed by atoms with Crippen LogP contribution >= 0.6 is 0 Å². The van der Waals surface area contributed by atoms with E-state index >= 15 is 0 Å². The summed E-state index contributed by atoms with van der Waals surface area (Å²) in [6.45, 7) is 2.97. The zero-order valence-electron chi connectivity index (χ0n) is 10.9. The van der Waals surface area contributed by atoms with Crippen molar-refractivity contribution in [1.29, 1.82) is 0 Å². The van der Waals surface area contributed by atoms with Crippen molar-refractivity contribution < 1.29 is 0 Å². The zero-order chi connectivity index (χ0) is 13.8. The van der Waals surface area contributed by atoms with Gasteiger partial charge in [-0.25, -0.2) is 4.79 Å². The number of aryl methyl sites for hydroxylation is 1. The summed E-state index contributed by atoms with van der Waals surface area (Å²) in [6, 6.07) is 9.33. The molecule has 0 aliphatic rings. The molecule has 19 heavy (non-hydrogen) atoms. The molecule has 0 amide bonds. The lowest BCUT2D eigenvalue weighted by molar-refractivity contribution is 0.579. The van der Waals surface area contributed by atoms with Gasteiger partial charge in [-0.1, -0.05) is 29.8 Å². The topological polar surface area (TPSA) is 70.0 Å². The molecule has 5 nitrogen and oxygen atoms in total. The summed E-state index contributed by atoms with van der Waals surface area (Å²) in [5, 5.41) is 0. The number of hydrogen-bond acceptors (Lipinski definition) is 3. The monoisotopic (exact) mass is 259 g/mol. The number of aromatic nitrogens is 2. The fourth-order valence-electron chi connectivity index (χ4n) is 1.90. The summed E-state index contributed by atoms with van der Waals surface area (Å²) >= 11 is 0. The Morgan fingerprint density at radius 2 is 1.79 bits per heavy atom. The van der Waals surface area contributed by atoms with Gasteiger partial charge in [0, 0.05) is 25.4 Å². The van der Waals surface area contributed by atoms with E-state index in [4.69, 9.17) is 5.73 Å². The fraction of sp³-hybridized carbons (Fsp3) is 0.286. The average molecular weight is 259 g/mol. The van der Waals surface area contributed by atoms with Crippen LogP contribution in [0.3, 0.4) is 0 Å². The van der Waals surface area contributed by atoms with Crippen molar-refractivity contribution in [3.63, 3.8) is 0 Å². The zero-order valence-corrected chi connectivity index (χ0v) is 10.9. The minimum atomic E-state index is -0.321. The molecule has 1 aromatic carbocycles. The first-order chi connectivity index (χ1) is 9.11. The van der Waals surface area contributed by atoms with E-state index in [2.05, 4.69) is 0 Å². The van der Waals surface area contributed by atoms with Gasteiger partial charge in [0.25, 0.3) is 5.56 Å². The van der Waals surface area contributed by atoms with Crippen molar-refractivity contribution in [2.24, 2.45) is 5.73 Å². The molecule has 0 aliphatic heterocycles. The van der Waals surface area contributed by atoms with E-state index in [0.717, 1.165) is 10.1 Å². The third-order valence-corrected chi connectivity index (χ3v) is 2.97. The average Bonchev–Trinajstić information content (AvgIpc) is 2.40. The van der Waals surface area contributed by atoms with E-state index < -0.39 is 0 Å². The number of rotatable bonds is 4. The highest BCUT2D eigenvalue weighted by Gasteiger charge is 2.04. The van der Waals surface area contributed by atoms with Crippen LogP contribution in [0.1, 0.15) is 11.1 Å². The molecular weight excluding hydrogens is 242 g/mol. The number of nitrogens with two attached hydrogens (primary N) is 1. The molecule has 0 bridgehead atoms. The largest absolute Gasteiger partial charge is 0.331 e. The normalized spacial score (nSPS) is 10.6. The van der Waals surface area contributed by atoms with Crippen LogP contribution in [0.4, 0.5) is 0 Å². The second-order valence-electron chi connectivity index (χ2n) is 4.49. The Morgan fingerprint density at radius 3 is 2.42 bits per heavy atom. The molecule has 0 fully saturated rings. The second kappa shape index (κ2) is 5.67. The smallest absolute Gasteiger partial charge is 0.329 e. The third-order valence-electron chi connectivity index (χ3n) is 2.97. The van der Waals surface area contributed by atoms with E-state index in [1.165, 1.54) is 22.4 Å². The molecular formula is C14H17N3O2. The predicted molar refractivity (Wildman–Crippen MR) is 74.3 cm³/mol. The molecule has 2 rings (SSSR count). The molecule has 0 aliphatic carbocycles. The first-order valence-electron chi connectivity index (χ1n) is 6.17. The van der Waals surface area contributed by atoms with Crippen LogP contribution in [0.5, 0.6) is 0 Å². The first-order valence-corrected chi connectivity index (χ1v) is 6.17. The molecule has 0 radical (unpaired) electrons. The van der Waals surface area contributed by atoms with Crippen LogP contribution in [-0.4, -0.2) is 15.7 Å². The quantitative estimate of drug-likeness (QED) is 0.860. The lowest BCUT2D eigenvalue weighted by atomic mass is 10.1. The van der Waals surface area contributed by atoms with Gasteiger partial charge in [0.05, 0.1) is 6.54 Å². The van der Waals surface area contributed by atoms with E-state index in [1.54, 1.807) is 0 Å². The molecule has 2 N–H and O–H groups in total. The van der Waals surface area contributed by atoms with Gasteiger partial charge >= 0.3 is 5.69 Å². The van der Waals surface area contributed by atoms with Crippen molar-refractivity contribution in [2.75, 3.05) is 6.54 Å². The van der Waals surface area contributed by atoms with E-state index in [-0.39, 0.29) is 24.3 Å². The number of nitrogens with zero attached hydrogens (tertiary/aromatic N) is 2. The summed E-state index contributed by atoms with van der Waals surface area (Å²) in [4.78, 5) is 23.7. The van der Waals surface area contributed by atoms with Crippen molar-refractivity contribution >= 4 is 0 Å². The summed E-state index contributed by atoms with van der Waals surface area (Å²) < 4.78 is 2.68. The van der Waals surface area contributed by atoms with E-state index in [0.29, 0.717) is 6.54 Å². The summed E-state index contributed by atoms with van der Waals surface area (Å²) in [5.41, 5.74) is 6.97. The molecule has 0 spiro atoms. The predicted octanol–water partition coefficient (Wildman–Crippen LogP) is 0.325. The van der Waals surface area contributed by atoms with Crippen LogP contribution in [0.25, 0.3) is 0 Å². The molecule has 2 aromatic rings. The van der Waals surface area contributed by atoms with Gasteiger partial charge in [-0.15, -0.1) is 0 Å². The molecule has 1 heterocycles. The third kappa shape index (κ3) is 3.00. The molecule has 100 valence electrons. The Kier molecular flexibility index (Phi) is 3.97. The lowest BCUT2D eigenvalue weighted by Crippen LogP contribution is -2.40. The molecule has 0 saturated heterocycles. The summed E-state index contributed by atoms with van der Waals surface area (Å²) in [7, 11) is 0. The van der Waals surface area contributed by atoms with Crippen molar-refractivity contribution in [1.82, 2.24) is 9.13 Å². The summed E-state index contributed by atoms with van der Waals surface area (Å²) in [5.74, 6) is 0. The van der Waals surface area contributed by atoms with E-state index in [1.807, 2.05) is 31.2 Å². The number of benzene rings is 1. The van der Waals surface area contributed by atoms with Gasteiger partial charge in [-0.2, -0.15) is 0 Å². The maximum Gasteiger partial charge on any atom is 0.331 e. The first kappa shape index (κ1) is 13.3. The maximum absolute atomic E-state index is 12.1. The number of hydrogen-bond donors (Lipinski definition) is 1. The second-order valence-corrected chi connectivity index (χ2v) is 4.49. The maximum atomic E-state index is 12.1. The van der Waals surface area contributed by atoms with Crippen LogP contribution < -0.4 is 17.0 Å². The van der Waals surface area contributed by atoms with Gasteiger partial charge in [0.15, 0.2) is 0 Å². The highest BCUT2D eigenvalue weighted by atomic mass is 16.2. The Hall–Kier alpha value is -2.14. The lowest BCUT2D eigenvalue weighted by Gasteiger charge is -2.09. The van der Waals surface area contributed by atoms with Crippen LogP contribution in [0, 0.1) is 6.92 Å². The van der Waals surface area contributed by atoms with Crippen LogP contribution in [0.2, 0.25) is 0 Å². The van der Waals surface area contributed by atoms with Gasteiger partial charge in [0.2, 0.25) is 0 Å². The summed E-state index contributed by atoms with van der Waals surface area (Å²) in [6.07, 6.45) is 1.53. The molecule has 0 unspecified atom stereocenters. The highest BCUT2D eigenvalue weighted by Crippen LogP contribution is 2.03. The fourth-order valence-corrected chi connectivity index (χ4v) is 1.90. The van der Waals surface area contributed by atoms with Crippen LogP contribution in [-0.2, 0) is 13.1 Å². The minimum Gasteiger partial charge on any atom is -0.329 e. The minimum absolute atomic E-state index is 0.242. The Bertz CT molecular complexity index is 668. The Morgan fingerprint density at radius 1 is 1.11 bits per heavy atom. The van der Waals surface area contributed by atoms with Gasteiger partial charge in [-0.05, 0) is 12.5 Å². The standard InChI is InChI=1S/C14H17N3O2/c1-11-2-4-12(5-3-11)10-16-8-6-13(18)17(9-7-15)14(16)19/h2-6,8H,7,9-10,15H2,1H3. The van der Waals surface area contributed by atoms with Crippen molar-refractivity contribution in [3.8, 4) is 0 Å². The Balaban J connectivity index is 2.36. The molecule has 0 saturated carbocycles. The molecule has 1 aromatic heterocycles. The van der Waals surface area contributed by atoms with Crippen molar-refractivity contribution in [2.45, 2.75) is 20.0 Å².